The fraction of sp³-hybridized carbons (Fsp3) is 0.364. The summed E-state index contributed by atoms with van der Waals surface area (Å²) in [4.78, 5) is 31.4. The molecular weight excluding hydrogens is 551 g/mol. The summed E-state index contributed by atoms with van der Waals surface area (Å²) in [5.41, 5.74) is 3.98. The first-order valence-electron chi connectivity index (χ1n) is 14.5. The number of para-hydroxylation sites is 2. The Kier molecular flexibility index (Phi) is 12.1. The number of thiazole rings is 1. The van der Waals surface area contributed by atoms with Gasteiger partial charge < -0.3 is 15.3 Å². The maximum Gasteiger partial charge on any atom is 0.316 e. The van der Waals surface area contributed by atoms with Crippen LogP contribution in [0.25, 0.3) is 10.2 Å². The van der Waals surface area contributed by atoms with Crippen LogP contribution in [0.5, 0.6) is 0 Å². The van der Waals surface area contributed by atoms with E-state index in [-0.39, 0.29) is 5.75 Å². The van der Waals surface area contributed by atoms with Crippen molar-refractivity contribution in [1.29, 1.82) is 0 Å². The first kappa shape index (κ1) is 30.6. The number of carboxylic acid groups (broad SMARTS) is 1. The minimum absolute atomic E-state index is 0.144. The van der Waals surface area contributed by atoms with E-state index in [4.69, 9.17) is 4.98 Å². The number of thioether (sulfide) groups is 1. The summed E-state index contributed by atoms with van der Waals surface area (Å²) in [5, 5.41) is 12.6. The second-order valence-corrected chi connectivity index (χ2v) is 12.4. The highest BCUT2D eigenvalue weighted by Gasteiger charge is 2.26. The summed E-state index contributed by atoms with van der Waals surface area (Å²) in [6.45, 7) is 2.73. The zero-order chi connectivity index (χ0) is 28.9. The van der Waals surface area contributed by atoms with Crippen molar-refractivity contribution in [2.24, 2.45) is 5.92 Å². The number of aromatic nitrogens is 1. The number of hydrogen-bond donors (Lipinski definition) is 2. The van der Waals surface area contributed by atoms with Gasteiger partial charge in [0, 0.05) is 29.4 Å². The molecule has 3 aromatic carbocycles. The highest BCUT2D eigenvalue weighted by Crippen LogP contribution is 2.38. The smallest absolute Gasteiger partial charge is 0.316 e. The predicted molar refractivity (Wildman–Crippen MR) is 172 cm³/mol. The average molecular weight is 590 g/mol. The molecule has 0 aliphatic rings. The van der Waals surface area contributed by atoms with Crippen molar-refractivity contribution in [3.8, 4) is 0 Å². The van der Waals surface area contributed by atoms with E-state index in [1.54, 1.807) is 0 Å². The first-order valence-corrected chi connectivity index (χ1v) is 16.3. The standard InChI is InChI=1S/C33H39N3O3S2/c1-2-3-4-5-6-7-8-15-22-34-31(37)28(32(38)39)24-40-33-35-29-21-20-27(23-30(29)41-33)36(25-16-11-9-12-17-25)26-18-13-10-14-19-26/h9-14,16-21,23,28H,2-8,15,22,24H2,1H3,(H,34,37)(H,38,39). The number of rotatable bonds is 17. The molecule has 216 valence electrons. The summed E-state index contributed by atoms with van der Waals surface area (Å²) in [5.74, 6) is -2.48. The number of unbranched alkanes of at least 4 members (excludes halogenated alkanes) is 7. The lowest BCUT2D eigenvalue weighted by molar-refractivity contribution is -0.145. The molecule has 0 saturated carbocycles. The van der Waals surface area contributed by atoms with E-state index >= 15 is 0 Å². The third kappa shape index (κ3) is 9.07. The monoisotopic (exact) mass is 589 g/mol. The molecule has 4 rings (SSSR count). The number of fused-ring (bicyclic) bond motifs is 1. The van der Waals surface area contributed by atoms with Crippen LogP contribution in [0.4, 0.5) is 17.1 Å². The van der Waals surface area contributed by atoms with Gasteiger partial charge in [0.1, 0.15) is 5.92 Å². The summed E-state index contributed by atoms with van der Waals surface area (Å²) in [6.07, 6.45) is 9.42. The van der Waals surface area contributed by atoms with Crippen molar-refractivity contribution in [2.45, 2.75) is 62.6 Å². The third-order valence-electron chi connectivity index (χ3n) is 6.96. The maximum absolute atomic E-state index is 12.6. The molecule has 0 spiro atoms. The molecule has 0 aliphatic heterocycles. The Morgan fingerprint density at radius 2 is 1.46 bits per heavy atom. The average Bonchev–Trinajstić information content (AvgIpc) is 3.40. The van der Waals surface area contributed by atoms with E-state index in [1.165, 1.54) is 55.2 Å². The van der Waals surface area contributed by atoms with Crippen molar-refractivity contribution >= 4 is 62.3 Å². The van der Waals surface area contributed by atoms with Gasteiger partial charge in [0.15, 0.2) is 4.34 Å². The second kappa shape index (κ2) is 16.2. The Balaban J connectivity index is 1.35. The van der Waals surface area contributed by atoms with Gasteiger partial charge in [-0.25, -0.2) is 4.98 Å². The minimum atomic E-state index is -1.11. The van der Waals surface area contributed by atoms with Crippen LogP contribution < -0.4 is 10.2 Å². The lowest BCUT2D eigenvalue weighted by Gasteiger charge is -2.25. The molecule has 4 aromatic rings. The number of aliphatic carboxylic acids is 1. The number of carboxylic acids is 1. The minimum Gasteiger partial charge on any atom is -0.481 e. The molecule has 0 fully saturated rings. The van der Waals surface area contributed by atoms with Crippen LogP contribution in [0, 0.1) is 5.92 Å². The van der Waals surface area contributed by atoms with Gasteiger partial charge in [0.25, 0.3) is 0 Å². The molecule has 1 aromatic heterocycles. The lowest BCUT2D eigenvalue weighted by atomic mass is 10.1. The van der Waals surface area contributed by atoms with Gasteiger partial charge in [-0.15, -0.1) is 11.3 Å². The Hall–Kier alpha value is -3.36. The number of hydrogen-bond acceptors (Lipinski definition) is 6. The van der Waals surface area contributed by atoms with Gasteiger partial charge in [-0.2, -0.15) is 0 Å². The van der Waals surface area contributed by atoms with Crippen molar-refractivity contribution in [1.82, 2.24) is 10.3 Å². The molecule has 1 atom stereocenters. The molecule has 1 amide bonds. The van der Waals surface area contributed by atoms with Crippen molar-refractivity contribution < 1.29 is 14.7 Å². The molecule has 0 aliphatic carbocycles. The van der Waals surface area contributed by atoms with Crippen LogP contribution in [0.1, 0.15) is 58.3 Å². The number of benzene rings is 3. The van der Waals surface area contributed by atoms with Gasteiger partial charge in [0.05, 0.1) is 10.2 Å². The lowest BCUT2D eigenvalue weighted by Crippen LogP contribution is -2.37. The quantitative estimate of drug-likeness (QED) is 0.0727. The molecule has 1 heterocycles. The third-order valence-corrected chi connectivity index (χ3v) is 9.21. The van der Waals surface area contributed by atoms with E-state index in [0.717, 1.165) is 50.9 Å². The zero-order valence-corrected chi connectivity index (χ0v) is 25.3. The maximum atomic E-state index is 12.6. The first-order chi connectivity index (χ1) is 20.1. The van der Waals surface area contributed by atoms with Crippen molar-refractivity contribution in [3.05, 3.63) is 78.9 Å². The normalized spacial score (nSPS) is 11.8. The predicted octanol–water partition coefficient (Wildman–Crippen LogP) is 8.82. The topological polar surface area (TPSA) is 82.5 Å². The van der Waals surface area contributed by atoms with Gasteiger partial charge in [-0.3, -0.25) is 9.59 Å². The molecule has 1 unspecified atom stereocenters. The Bertz CT molecular complexity index is 1340. The Labute approximate surface area is 251 Å². The van der Waals surface area contributed by atoms with Gasteiger partial charge in [-0.1, -0.05) is 100 Å². The number of carbonyl (C=O) groups is 2. The van der Waals surface area contributed by atoms with Crippen LogP contribution in [-0.2, 0) is 9.59 Å². The van der Waals surface area contributed by atoms with Crippen molar-refractivity contribution in [2.75, 3.05) is 17.2 Å². The van der Waals surface area contributed by atoms with Crippen LogP contribution >= 0.6 is 23.1 Å². The summed E-state index contributed by atoms with van der Waals surface area (Å²) < 4.78 is 1.76. The van der Waals surface area contributed by atoms with Gasteiger partial charge in [0.2, 0.25) is 5.91 Å². The van der Waals surface area contributed by atoms with Crippen LogP contribution in [0.3, 0.4) is 0 Å². The number of amides is 1. The van der Waals surface area contributed by atoms with Crippen molar-refractivity contribution in [3.63, 3.8) is 0 Å². The molecule has 0 saturated heterocycles. The summed E-state index contributed by atoms with van der Waals surface area (Å²) in [6, 6.07) is 26.6. The zero-order valence-electron chi connectivity index (χ0n) is 23.6. The molecule has 0 radical (unpaired) electrons. The largest absolute Gasteiger partial charge is 0.481 e. The fourth-order valence-corrected chi connectivity index (χ4v) is 6.91. The number of carbonyl (C=O) groups excluding carboxylic acids is 1. The number of nitrogens with zero attached hydrogens (tertiary/aromatic N) is 2. The molecule has 2 N–H and O–H groups in total. The highest BCUT2D eigenvalue weighted by molar-refractivity contribution is 8.01. The van der Waals surface area contributed by atoms with E-state index in [0.29, 0.717) is 6.54 Å². The number of anilines is 3. The molecular formula is C33H39N3O3S2. The SMILES string of the molecule is CCCCCCCCCCNC(=O)C(CSc1nc2ccc(N(c3ccccc3)c3ccccc3)cc2s1)C(=O)O. The van der Waals surface area contributed by atoms with E-state index in [1.807, 2.05) is 42.5 Å². The van der Waals surface area contributed by atoms with Crippen LogP contribution in [-0.4, -0.2) is 34.3 Å². The molecule has 8 heteroatoms. The molecule has 0 bridgehead atoms. The molecule has 41 heavy (non-hydrogen) atoms. The molecule has 6 nitrogen and oxygen atoms in total. The highest BCUT2D eigenvalue weighted by atomic mass is 32.2. The summed E-state index contributed by atoms with van der Waals surface area (Å²) in [7, 11) is 0. The second-order valence-electron chi connectivity index (χ2n) is 10.1. The van der Waals surface area contributed by atoms with Crippen LogP contribution in [0.15, 0.2) is 83.2 Å². The number of nitrogens with one attached hydrogen (secondary N) is 1. The van der Waals surface area contributed by atoms with E-state index in [2.05, 4.69) is 53.5 Å². The van der Waals surface area contributed by atoms with E-state index in [9.17, 15) is 14.7 Å². The van der Waals surface area contributed by atoms with Gasteiger partial charge in [-0.05, 0) is 48.9 Å². The van der Waals surface area contributed by atoms with Crippen LogP contribution in [0.2, 0.25) is 0 Å². The van der Waals surface area contributed by atoms with E-state index < -0.39 is 17.8 Å². The summed E-state index contributed by atoms with van der Waals surface area (Å²) >= 11 is 2.85. The Morgan fingerprint density at radius 1 is 0.854 bits per heavy atom. The fourth-order valence-electron chi connectivity index (χ4n) is 4.70. The van der Waals surface area contributed by atoms with Gasteiger partial charge >= 0.3 is 5.97 Å². The Morgan fingerprint density at radius 3 is 2.07 bits per heavy atom.